The van der Waals surface area contributed by atoms with Gasteiger partial charge in [0.05, 0.1) is 12.0 Å². The molecular weight excluding hydrogens is 250 g/mol. The third-order valence-corrected chi connectivity index (χ3v) is 3.29. The van der Waals surface area contributed by atoms with Crippen LogP contribution in [0.15, 0.2) is 41.4 Å². The summed E-state index contributed by atoms with van der Waals surface area (Å²) in [6.07, 6.45) is 1.84. The fourth-order valence-electron chi connectivity index (χ4n) is 2.26. The SMILES string of the molecule is Cc1cc(N)ccc1Oc1ccc2c(c1)CN(C)C=N2. The molecule has 0 saturated carbocycles. The van der Waals surface area contributed by atoms with Crippen LogP contribution in [0.3, 0.4) is 0 Å². The van der Waals surface area contributed by atoms with Crippen LogP contribution in [0.2, 0.25) is 0 Å². The summed E-state index contributed by atoms with van der Waals surface area (Å²) in [5, 5.41) is 0. The molecular formula is C16H17N3O. The van der Waals surface area contributed by atoms with Crippen molar-refractivity contribution in [2.24, 2.45) is 4.99 Å². The summed E-state index contributed by atoms with van der Waals surface area (Å²) >= 11 is 0. The van der Waals surface area contributed by atoms with Gasteiger partial charge in [0.2, 0.25) is 0 Å². The highest BCUT2D eigenvalue weighted by molar-refractivity contribution is 5.67. The van der Waals surface area contributed by atoms with E-state index in [1.807, 2.05) is 61.6 Å². The smallest absolute Gasteiger partial charge is 0.130 e. The topological polar surface area (TPSA) is 50.9 Å². The minimum absolute atomic E-state index is 0.747. The lowest BCUT2D eigenvalue weighted by Gasteiger charge is -2.20. The van der Waals surface area contributed by atoms with Crippen molar-refractivity contribution in [1.29, 1.82) is 0 Å². The quantitative estimate of drug-likeness (QED) is 0.847. The normalized spacial score (nSPS) is 13.2. The maximum absolute atomic E-state index is 5.94. The second kappa shape index (κ2) is 4.89. The molecule has 1 heterocycles. The number of aliphatic imine (C=N–C) groups is 1. The van der Waals surface area contributed by atoms with E-state index in [0.717, 1.165) is 35.0 Å². The van der Waals surface area contributed by atoms with Crippen LogP contribution >= 0.6 is 0 Å². The van der Waals surface area contributed by atoms with Crippen molar-refractivity contribution in [3.05, 3.63) is 47.5 Å². The lowest BCUT2D eigenvalue weighted by atomic mass is 10.1. The second-order valence-electron chi connectivity index (χ2n) is 5.08. The summed E-state index contributed by atoms with van der Waals surface area (Å²) in [5.74, 6) is 1.65. The van der Waals surface area contributed by atoms with Crippen molar-refractivity contribution in [3.8, 4) is 11.5 Å². The highest BCUT2D eigenvalue weighted by atomic mass is 16.5. The third-order valence-electron chi connectivity index (χ3n) is 3.29. The summed E-state index contributed by atoms with van der Waals surface area (Å²) in [7, 11) is 2.00. The first-order valence-corrected chi connectivity index (χ1v) is 6.53. The number of benzene rings is 2. The minimum Gasteiger partial charge on any atom is -0.457 e. The molecule has 2 aromatic rings. The summed E-state index contributed by atoms with van der Waals surface area (Å²) in [6.45, 7) is 2.83. The van der Waals surface area contributed by atoms with Crippen molar-refractivity contribution in [2.45, 2.75) is 13.5 Å². The van der Waals surface area contributed by atoms with Gasteiger partial charge in [-0.15, -0.1) is 0 Å². The molecule has 0 aromatic heterocycles. The summed E-state index contributed by atoms with van der Waals surface area (Å²) in [4.78, 5) is 6.42. The standard InChI is InChI=1S/C16H17N3O/c1-11-7-13(17)3-6-16(11)20-14-4-5-15-12(8-14)9-19(2)10-18-15/h3-8,10H,9,17H2,1-2H3. The fraction of sp³-hybridized carbons (Fsp3) is 0.188. The van der Waals surface area contributed by atoms with Gasteiger partial charge < -0.3 is 15.4 Å². The maximum Gasteiger partial charge on any atom is 0.130 e. The Morgan fingerprint density at radius 3 is 2.85 bits per heavy atom. The number of hydrogen-bond acceptors (Lipinski definition) is 4. The molecule has 2 aromatic carbocycles. The molecule has 0 spiro atoms. The van der Waals surface area contributed by atoms with E-state index in [2.05, 4.69) is 4.99 Å². The predicted molar refractivity (Wildman–Crippen MR) is 81.7 cm³/mol. The van der Waals surface area contributed by atoms with Gasteiger partial charge in [-0.3, -0.25) is 0 Å². The molecule has 1 aliphatic heterocycles. The van der Waals surface area contributed by atoms with E-state index in [-0.39, 0.29) is 0 Å². The van der Waals surface area contributed by atoms with E-state index in [1.54, 1.807) is 0 Å². The lowest BCUT2D eigenvalue weighted by molar-refractivity contribution is 0.472. The zero-order chi connectivity index (χ0) is 14.1. The molecule has 4 nitrogen and oxygen atoms in total. The van der Waals surface area contributed by atoms with E-state index in [9.17, 15) is 0 Å². The van der Waals surface area contributed by atoms with Crippen LogP contribution in [0, 0.1) is 6.92 Å². The van der Waals surface area contributed by atoms with Crippen molar-refractivity contribution >= 4 is 17.7 Å². The zero-order valence-electron chi connectivity index (χ0n) is 11.6. The first kappa shape index (κ1) is 12.5. The van der Waals surface area contributed by atoms with Gasteiger partial charge in [0, 0.05) is 24.8 Å². The summed E-state index contributed by atoms with van der Waals surface area (Å²) in [6, 6.07) is 11.6. The van der Waals surface area contributed by atoms with E-state index in [1.165, 1.54) is 5.56 Å². The zero-order valence-corrected chi connectivity index (χ0v) is 11.6. The van der Waals surface area contributed by atoms with E-state index < -0.39 is 0 Å². The molecule has 0 amide bonds. The first-order valence-electron chi connectivity index (χ1n) is 6.53. The maximum atomic E-state index is 5.94. The van der Waals surface area contributed by atoms with Gasteiger partial charge in [-0.1, -0.05) is 0 Å². The Bertz CT molecular complexity index is 679. The van der Waals surface area contributed by atoms with Crippen molar-refractivity contribution < 1.29 is 4.74 Å². The molecule has 0 unspecified atom stereocenters. The van der Waals surface area contributed by atoms with E-state index in [4.69, 9.17) is 10.5 Å². The van der Waals surface area contributed by atoms with Crippen molar-refractivity contribution in [2.75, 3.05) is 12.8 Å². The molecule has 0 saturated heterocycles. The number of nitrogens with zero attached hydrogens (tertiary/aromatic N) is 2. The van der Waals surface area contributed by atoms with E-state index in [0.29, 0.717) is 0 Å². The highest BCUT2D eigenvalue weighted by Gasteiger charge is 2.11. The van der Waals surface area contributed by atoms with Crippen LogP contribution < -0.4 is 10.5 Å². The predicted octanol–water partition coefficient (Wildman–Crippen LogP) is 3.47. The Labute approximate surface area is 118 Å². The average molecular weight is 267 g/mol. The molecule has 0 aliphatic carbocycles. The average Bonchev–Trinajstić information content (AvgIpc) is 2.41. The minimum atomic E-state index is 0.747. The van der Waals surface area contributed by atoms with Gasteiger partial charge in [-0.2, -0.15) is 0 Å². The van der Waals surface area contributed by atoms with Gasteiger partial charge >= 0.3 is 0 Å². The number of hydrogen-bond donors (Lipinski definition) is 1. The van der Waals surface area contributed by atoms with Crippen molar-refractivity contribution in [1.82, 2.24) is 4.90 Å². The van der Waals surface area contributed by atoms with Crippen LogP contribution in [0.25, 0.3) is 0 Å². The number of ether oxygens (including phenoxy) is 1. The van der Waals surface area contributed by atoms with Gasteiger partial charge in [-0.25, -0.2) is 4.99 Å². The summed E-state index contributed by atoms with van der Waals surface area (Å²) in [5.41, 5.74) is 9.69. The molecule has 3 rings (SSSR count). The number of nitrogen functional groups attached to an aromatic ring is 1. The molecule has 102 valence electrons. The Balaban J connectivity index is 1.88. The van der Waals surface area contributed by atoms with Crippen LogP contribution in [0.1, 0.15) is 11.1 Å². The van der Waals surface area contributed by atoms with Gasteiger partial charge in [0.25, 0.3) is 0 Å². The van der Waals surface area contributed by atoms with Crippen LogP contribution in [-0.2, 0) is 6.54 Å². The van der Waals surface area contributed by atoms with Crippen LogP contribution in [0.4, 0.5) is 11.4 Å². The molecule has 0 fully saturated rings. The highest BCUT2D eigenvalue weighted by Crippen LogP contribution is 2.31. The largest absolute Gasteiger partial charge is 0.457 e. The van der Waals surface area contributed by atoms with Crippen molar-refractivity contribution in [3.63, 3.8) is 0 Å². The van der Waals surface area contributed by atoms with Crippen LogP contribution in [-0.4, -0.2) is 18.3 Å². The Kier molecular flexibility index (Phi) is 3.06. The van der Waals surface area contributed by atoms with Gasteiger partial charge in [0.15, 0.2) is 0 Å². The molecule has 0 bridgehead atoms. The number of aryl methyl sites for hydroxylation is 1. The summed E-state index contributed by atoms with van der Waals surface area (Å²) < 4.78 is 5.94. The Morgan fingerprint density at radius 1 is 1.20 bits per heavy atom. The van der Waals surface area contributed by atoms with Gasteiger partial charge in [0.1, 0.15) is 11.5 Å². The number of fused-ring (bicyclic) bond motifs is 1. The van der Waals surface area contributed by atoms with Crippen LogP contribution in [0.5, 0.6) is 11.5 Å². The second-order valence-corrected chi connectivity index (χ2v) is 5.08. The molecule has 0 atom stereocenters. The van der Waals surface area contributed by atoms with E-state index >= 15 is 0 Å². The molecule has 1 aliphatic rings. The third kappa shape index (κ3) is 2.45. The first-order chi connectivity index (χ1) is 9.61. The number of nitrogens with two attached hydrogens (primary N) is 1. The fourth-order valence-corrected chi connectivity index (χ4v) is 2.26. The number of rotatable bonds is 2. The lowest BCUT2D eigenvalue weighted by Crippen LogP contribution is -2.18. The molecule has 2 N–H and O–H groups in total. The Morgan fingerprint density at radius 2 is 2.05 bits per heavy atom. The Hall–Kier alpha value is -2.49. The molecule has 4 heteroatoms. The monoisotopic (exact) mass is 267 g/mol. The molecule has 0 radical (unpaired) electrons. The number of anilines is 1. The molecule has 20 heavy (non-hydrogen) atoms. The van der Waals surface area contributed by atoms with Gasteiger partial charge in [-0.05, 0) is 48.9 Å².